The summed E-state index contributed by atoms with van der Waals surface area (Å²) < 4.78 is 12.4. The second-order valence-corrected chi connectivity index (χ2v) is 19.0. The van der Waals surface area contributed by atoms with Gasteiger partial charge in [0.05, 0.1) is 11.6 Å². The zero-order valence-corrected chi connectivity index (χ0v) is 19.6. The zero-order valence-electron chi connectivity index (χ0n) is 16.9. The quantitative estimate of drug-likeness (QED) is 0.305. The van der Waals surface area contributed by atoms with Gasteiger partial charge in [0.1, 0.15) is 0 Å². The van der Waals surface area contributed by atoms with Crippen LogP contribution in [0.4, 0.5) is 0 Å². The molecule has 1 atom stereocenters. The maximum absolute atomic E-state index is 6.57. The molecule has 0 aromatic carbocycles. The Bertz CT molecular complexity index is 441. The second-order valence-electron chi connectivity index (χ2n) is 9.60. The molecule has 0 spiro atoms. The molecule has 0 aliphatic carbocycles. The van der Waals surface area contributed by atoms with E-state index in [9.17, 15) is 0 Å². The first-order valence-corrected chi connectivity index (χ1v) is 15.0. The first-order valence-electron chi connectivity index (χ1n) is 8.21. The minimum atomic E-state index is -1.88. The van der Waals surface area contributed by atoms with E-state index in [0.717, 1.165) is 0 Å². The lowest BCUT2D eigenvalue weighted by atomic mass is 9.90. The summed E-state index contributed by atoms with van der Waals surface area (Å²) in [5.74, 6) is 0.471. The fourth-order valence-corrected chi connectivity index (χ4v) is 3.77. The molecule has 0 radical (unpaired) electrons. The van der Waals surface area contributed by atoms with Gasteiger partial charge >= 0.3 is 0 Å². The van der Waals surface area contributed by atoms with Crippen LogP contribution in [0, 0.1) is 5.41 Å². The SMILES string of the molecule is CC(C)(C)[C@@H](/C=N/C(=C/Cl)O[Si](C)(C)C)O[Si](C)(C)C(C)(C)C. The summed E-state index contributed by atoms with van der Waals surface area (Å²) in [6, 6.07) is 0. The molecule has 136 valence electrons. The van der Waals surface area contributed by atoms with Gasteiger partial charge in [-0.3, -0.25) is 0 Å². The predicted octanol–water partition coefficient (Wildman–Crippen LogP) is 6.38. The molecule has 0 rings (SSSR count). The zero-order chi connectivity index (χ0) is 18.7. The van der Waals surface area contributed by atoms with E-state index in [2.05, 4.69) is 79.3 Å². The van der Waals surface area contributed by atoms with Crippen molar-refractivity contribution in [2.24, 2.45) is 10.4 Å². The molecule has 0 N–H and O–H groups in total. The van der Waals surface area contributed by atoms with Crippen molar-refractivity contribution in [3.63, 3.8) is 0 Å². The molecule has 0 aliphatic heterocycles. The highest BCUT2D eigenvalue weighted by molar-refractivity contribution is 6.74. The highest BCUT2D eigenvalue weighted by Gasteiger charge is 2.41. The lowest BCUT2D eigenvalue weighted by molar-refractivity contribution is 0.133. The molecular formula is C17H36ClNO2Si2. The molecule has 0 unspecified atom stereocenters. The largest absolute Gasteiger partial charge is 0.531 e. The van der Waals surface area contributed by atoms with Crippen molar-refractivity contribution in [1.29, 1.82) is 0 Å². The van der Waals surface area contributed by atoms with E-state index in [-0.39, 0.29) is 16.6 Å². The Labute approximate surface area is 150 Å². The fourth-order valence-electron chi connectivity index (χ4n) is 1.46. The maximum Gasteiger partial charge on any atom is 0.244 e. The summed E-state index contributed by atoms with van der Waals surface area (Å²) in [6.07, 6.45) is 1.77. The molecule has 0 saturated heterocycles. The van der Waals surface area contributed by atoms with E-state index >= 15 is 0 Å². The van der Waals surface area contributed by atoms with Gasteiger partial charge in [-0.25, -0.2) is 4.99 Å². The Hall–Kier alpha value is -0.106. The van der Waals surface area contributed by atoms with Crippen molar-refractivity contribution < 1.29 is 8.85 Å². The van der Waals surface area contributed by atoms with Gasteiger partial charge in [-0.1, -0.05) is 53.1 Å². The summed E-state index contributed by atoms with van der Waals surface area (Å²) in [4.78, 5) is 4.47. The van der Waals surface area contributed by atoms with Crippen molar-refractivity contribution in [1.82, 2.24) is 0 Å². The lowest BCUT2D eigenvalue weighted by Crippen LogP contribution is -2.47. The number of halogens is 1. The highest BCUT2D eigenvalue weighted by Crippen LogP contribution is 2.39. The molecule has 0 saturated carbocycles. The number of hydrogen-bond acceptors (Lipinski definition) is 3. The Morgan fingerprint density at radius 2 is 1.48 bits per heavy atom. The monoisotopic (exact) mass is 377 g/mol. The van der Waals surface area contributed by atoms with Gasteiger partial charge < -0.3 is 8.85 Å². The summed E-state index contributed by atoms with van der Waals surface area (Å²) in [6.45, 7) is 24.1. The van der Waals surface area contributed by atoms with Crippen molar-refractivity contribution in [3.05, 3.63) is 11.4 Å². The molecule has 0 bridgehead atoms. The average molecular weight is 378 g/mol. The highest BCUT2D eigenvalue weighted by atomic mass is 35.5. The van der Waals surface area contributed by atoms with Gasteiger partial charge in [0, 0.05) is 6.21 Å². The molecule has 0 aliphatic rings. The van der Waals surface area contributed by atoms with Gasteiger partial charge in [0.15, 0.2) is 8.32 Å². The minimum absolute atomic E-state index is 0.0460. The Balaban J connectivity index is 5.35. The lowest BCUT2D eigenvalue weighted by Gasteiger charge is -2.42. The first-order chi connectivity index (χ1) is 9.99. The smallest absolute Gasteiger partial charge is 0.244 e. The second kappa shape index (κ2) is 7.85. The number of hydrogen-bond donors (Lipinski definition) is 0. The number of aliphatic imine (C=N–C) groups is 1. The van der Waals surface area contributed by atoms with Crippen LogP contribution < -0.4 is 0 Å². The molecule has 0 aromatic rings. The maximum atomic E-state index is 6.57. The van der Waals surface area contributed by atoms with Crippen LogP contribution in [-0.4, -0.2) is 29.0 Å². The number of nitrogens with zero attached hydrogens (tertiary/aromatic N) is 1. The minimum Gasteiger partial charge on any atom is -0.531 e. The molecule has 3 nitrogen and oxygen atoms in total. The third-order valence-corrected chi connectivity index (χ3v) is 9.39. The molecule has 6 heteroatoms. The van der Waals surface area contributed by atoms with Crippen molar-refractivity contribution in [2.45, 2.75) is 85.4 Å². The first kappa shape index (κ1) is 22.9. The Kier molecular flexibility index (Phi) is 7.81. The van der Waals surface area contributed by atoms with Crippen molar-refractivity contribution in [2.75, 3.05) is 0 Å². The van der Waals surface area contributed by atoms with Crippen LogP contribution in [-0.2, 0) is 8.85 Å². The predicted molar refractivity (Wildman–Crippen MR) is 108 cm³/mol. The van der Waals surface area contributed by atoms with Gasteiger partial charge in [-0.05, 0) is 43.2 Å². The molecule has 0 fully saturated rings. The van der Waals surface area contributed by atoms with Crippen molar-refractivity contribution >= 4 is 34.5 Å². The Morgan fingerprint density at radius 3 is 1.78 bits per heavy atom. The van der Waals surface area contributed by atoms with E-state index in [1.807, 2.05) is 6.21 Å². The van der Waals surface area contributed by atoms with Crippen LogP contribution in [0.2, 0.25) is 37.8 Å². The van der Waals surface area contributed by atoms with Crippen molar-refractivity contribution in [3.8, 4) is 0 Å². The summed E-state index contributed by atoms with van der Waals surface area (Å²) in [5.41, 5.74) is 1.36. The molecule has 0 aromatic heterocycles. The van der Waals surface area contributed by atoms with E-state index in [4.69, 9.17) is 20.5 Å². The average Bonchev–Trinajstić information content (AvgIpc) is 2.28. The third kappa shape index (κ3) is 8.52. The van der Waals surface area contributed by atoms with Crippen LogP contribution >= 0.6 is 11.6 Å². The standard InChI is InChI=1S/C17H36ClNO2Si2/c1-16(2,3)14(20-23(10,11)17(4,5)6)13-19-15(12-18)21-22(7,8)9/h12-14H,1-11H3/b15-12-,19-13+/t14-/m1/s1. The van der Waals surface area contributed by atoms with Crippen LogP contribution in [0.25, 0.3) is 0 Å². The summed E-state index contributed by atoms with van der Waals surface area (Å²) in [5, 5.41) is 0.157. The molecule has 0 amide bonds. The van der Waals surface area contributed by atoms with E-state index < -0.39 is 16.6 Å². The van der Waals surface area contributed by atoms with Crippen LogP contribution in [0.3, 0.4) is 0 Å². The fraction of sp³-hybridized carbons (Fsp3) is 0.824. The van der Waals surface area contributed by atoms with Gasteiger partial charge in [-0.15, -0.1) is 0 Å². The molecule has 23 heavy (non-hydrogen) atoms. The number of rotatable bonds is 6. The topological polar surface area (TPSA) is 30.8 Å². The van der Waals surface area contributed by atoms with E-state index in [1.165, 1.54) is 5.54 Å². The van der Waals surface area contributed by atoms with Crippen LogP contribution in [0.1, 0.15) is 41.5 Å². The van der Waals surface area contributed by atoms with Gasteiger partial charge in [0.2, 0.25) is 14.2 Å². The Morgan fingerprint density at radius 1 is 1.00 bits per heavy atom. The van der Waals surface area contributed by atoms with E-state index in [0.29, 0.717) is 5.88 Å². The summed E-state index contributed by atoms with van der Waals surface area (Å²) >= 11 is 5.87. The summed E-state index contributed by atoms with van der Waals surface area (Å²) in [7, 11) is -3.62. The molecule has 0 heterocycles. The van der Waals surface area contributed by atoms with Crippen LogP contribution in [0.15, 0.2) is 16.4 Å². The molecular weight excluding hydrogens is 342 g/mol. The van der Waals surface area contributed by atoms with Gasteiger partial charge in [-0.2, -0.15) is 0 Å². The normalized spacial score (nSPS) is 16.8. The van der Waals surface area contributed by atoms with Crippen LogP contribution in [0.5, 0.6) is 0 Å². The van der Waals surface area contributed by atoms with E-state index in [1.54, 1.807) is 0 Å². The van der Waals surface area contributed by atoms with Gasteiger partial charge in [0.25, 0.3) is 0 Å². The third-order valence-electron chi connectivity index (χ3n) is 3.92.